The number of alkyl halides is 1. The predicted octanol–water partition coefficient (Wildman–Crippen LogP) is 2.94. The molecule has 0 aliphatic heterocycles. The van der Waals surface area contributed by atoms with Crippen LogP contribution in [-0.4, -0.2) is 11.1 Å². The van der Waals surface area contributed by atoms with Crippen molar-refractivity contribution in [1.82, 2.24) is 0 Å². The average molecular weight is 261 g/mol. The number of rotatable bonds is 4. The van der Waals surface area contributed by atoms with Crippen molar-refractivity contribution >= 4 is 21.9 Å². The molecule has 0 atom stereocenters. The van der Waals surface area contributed by atoms with Crippen LogP contribution in [0.25, 0.3) is 0 Å². The summed E-state index contributed by atoms with van der Waals surface area (Å²) in [6.07, 6.45) is 0.552. The molecule has 0 aromatic heterocycles. The van der Waals surface area contributed by atoms with Gasteiger partial charge in [0.25, 0.3) is 0 Å². The molecular formula is C10H10BrFO2. The number of halogens is 2. The Labute approximate surface area is 89.9 Å². The Bertz CT molecular complexity index is 339. The summed E-state index contributed by atoms with van der Waals surface area (Å²) in [5.41, 5.74) is 1.49. The number of aryl methyl sites for hydroxylation is 1. The summed E-state index contributed by atoms with van der Waals surface area (Å²) in [7, 11) is 0. The second kappa shape index (κ2) is 5.10. The second-order valence-corrected chi connectivity index (χ2v) is 3.81. The zero-order valence-electron chi connectivity index (χ0n) is 7.46. The maximum absolute atomic E-state index is 12.2. The van der Waals surface area contributed by atoms with Gasteiger partial charge in [-0.3, -0.25) is 4.79 Å². The van der Waals surface area contributed by atoms with Gasteiger partial charge >= 0.3 is 5.97 Å². The van der Waals surface area contributed by atoms with Crippen molar-refractivity contribution in [1.29, 1.82) is 0 Å². The van der Waals surface area contributed by atoms with Gasteiger partial charge in [0, 0.05) is 10.9 Å². The van der Waals surface area contributed by atoms with Gasteiger partial charge in [0.05, 0.1) is 0 Å². The lowest BCUT2D eigenvalue weighted by molar-refractivity contribution is -0.136. The zero-order chi connectivity index (χ0) is 10.6. The topological polar surface area (TPSA) is 37.3 Å². The number of carboxylic acid groups (broad SMARTS) is 1. The van der Waals surface area contributed by atoms with Crippen molar-refractivity contribution in [3.05, 3.63) is 33.8 Å². The van der Waals surface area contributed by atoms with E-state index in [1.54, 1.807) is 18.2 Å². The molecule has 4 heteroatoms. The van der Waals surface area contributed by atoms with Crippen molar-refractivity contribution in [3.8, 4) is 0 Å². The molecule has 1 aromatic carbocycles. The first-order valence-corrected chi connectivity index (χ1v) is 4.98. The van der Waals surface area contributed by atoms with E-state index in [-0.39, 0.29) is 6.42 Å². The molecule has 0 bridgehead atoms. The van der Waals surface area contributed by atoms with Gasteiger partial charge in [0.2, 0.25) is 0 Å². The molecule has 76 valence electrons. The van der Waals surface area contributed by atoms with Crippen LogP contribution in [0.3, 0.4) is 0 Å². The number of aliphatic carboxylic acids is 1. The third-order valence-corrected chi connectivity index (χ3v) is 2.62. The molecule has 0 fully saturated rings. The standard InChI is InChI=1S/C10H10BrFO2/c11-9-5-7(6-12)1-2-8(9)3-4-10(13)14/h1-2,5H,3-4,6H2,(H,13,14). The zero-order valence-corrected chi connectivity index (χ0v) is 9.05. The van der Waals surface area contributed by atoms with Crippen LogP contribution in [0, 0.1) is 0 Å². The third kappa shape index (κ3) is 3.10. The normalized spacial score (nSPS) is 10.1. The van der Waals surface area contributed by atoms with E-state index in [0.29, 0.717) is 12.0 Å². The van der Waals surface area contributed by atoms with Crippen LogP contribution in [0.4, 0.5) is 4.39 Å². The molecule has 0 aliphatic carbocycles. The Balaban J connectivity index is 2.73. The highest BCUT2D eigenvalue weighted by Gasteiger charge is 2.04. The smallest absolute Gasteiger partial charge is 0.303 e. The summed E-state index contributed by atoms with van der Waals surface area (Å²) in [5, 5.41) is 8.49. The number of carboxylic acids is 1. The summed E-state index contributed by atoms with van der Waals surface area (Å²) in [6.45, 7) is -0.502. The molecule has 1 rings (SSSR count). The fraction of sp³-hybridized carbons (Fsp3) is 0.300. The van der Waals surface area contributed by atoms with Gasteiger partial charge in [0.15, 0.2) is 0 Å². The fourth-order valence-electron chi connectivity index (χ4n) is 1.12. The van der Waals surface area contributed by atoms with E-state index < -0.39 is 12.6 Å². The van der Waals surface area contributed by atoms with Gasteiger partial charge in [-0.25, -0.2) is 4.39 Å². The van der Waals surface area contributed by atoms with Gasteiger partial charge in [-0.15, -0.1) is 0 Å². The monoisotopic (exact) mass is 260 g/mol. The first kappa shape index (κ1) is 11.2. The Morgan fingerprint density at radius 3 is 2.71 bits per heavy atom. The molecule has 0 spiro atoms. The predicted molar refractivity (Wildman–Crippen MR) is 54.9 cm³/mol. The Kier molecular flexibility index (Phi) is 4.07. The first-order chi connectivity index (χ1) is 6.63. The molecule has 0 amide bonds. The quantitative estimate of drug-likeness (QED) is 0.904. The van der Waals surface area contributed by atoms with Crippen molar-refractivity contribution in [2.75, 3.05) is 0 Å². The van der Waals surface area contributed by atoms with E-state index in [0.717, 1.165) is 10.0 Å². The summed E-state index contributed by atoms with van der Waals surface area (Å²) in [4.78, 5) is 10.3. The molecule has 0 heterocycles. The van der Waals surface area contributed by atoms with Crippen molar-refractivity contribution < 1.29 is 14.3 Å². The van der Waals surface area contributed by atoms with E-state index in [1.165, 1.54) is 0 Å². The van der Waals surface area contributed by atoms with Crippen LogP contribution in [0.5, 0.6) is 0 Å². The van der Waals surface area contributed by atoms with Crippen molar-refractivity contribution in [2.45, 2.75) is 19.5 Å². The van der Waals surface area contributed by atoms with Crippen LogP contribution in [0.2, 0.25) is 0 Å². The molecule has 0 saturated heterocycles. The van der Waals surface area contributed by atoms with Crippen LogP contribution in [-0.2, 0) is 17.9 Å². The highest BCUT2D eigenvalue weighted by molar-refractivity contribution is 9.10. The Hall–Kier alpha value is -0.900. The molecule has 0 unspecified atom stereocenters. The summed E-state index contributed by atoms with van der Waals surface area (Å²) in [5.74, 6) is -0.827. The van der Waals surface area contributed by atoms with Crippen LogP contribution < -0.4 is 0 Å². The molecule has 0 aliphatic rings. The Morgan fingerprint density at radius 2 is 2.21 bits per heavy atom. The van der Waals surface area contributed by atoms with Crippen molar-refractivity contribution in [3.63, 3.8) is 0 Å². The molecule has 14 heavy (non-hydrogen) atoms. The van der Waals surface area contributed by atoms with Gasteiger partial charge in [-0.1, -0.05) is 28.1 Å². The SMILES string of the molecule is O=C(O)CCc1ccc(CF)cc1Br. The maximum Gasteiger partial charge on any atom is 0.303 e. The van der Waals surface area contributed by atoms with E-state index in [4.69, 9.17) is 5.11 Å². The van der Waals surface area contributed by atoms with E-state index >= 15 is 0 Å². The average Bonchev–Trinajstić information content (AvgIpc) is 2.15. The highest BCUT2D eigenvalue weighted by atomic mass is 79.9. The minimum absolute atomic E-state index is 0.0908. The van der Waals surface area contributed by atoms with E-state index in [9.17, 15) is 9.18 Å². The first-order valence-electron chi connectivity index (χ1n) is 4.18. The lowest BCUT2D eigenvalue weighted by Gasteiger charge is -2.03. The van der Waals surface area contributed by atoms with Gasteiger partial charge in [-0.2, -0.15) is 0 Å². The summed E-state index contributed by atoms with van der Waals surface area (Å²) < 4.78 is 13.0. The third-order valence-electron chi connectivity index (χ3n) is 1.88. The maximum atomic E-state index is 12.2. The molecule has 0 radical (unpaired) electrons. The minimum Gasteiger partial charge on any atom is -0.481 e. The van der Waals surface area contributed by atoms with Gasteiger partial charge < -0.3 is 5.11 Å². The molecule has 1 aromatic rings. The summed E-state index contributed by atoms with van der Waals surface area (Å²) >= 11 is 3.28. The molecular weight excluding hydrogens is 251 g/mol. The van der Waals surface area contributed by atoms with Crippen LogP contribution >= 0.6 is 15.9 Å². The molecule has 0 saturated carbocycles. The Morgan fingerprint density at radius 1 is 1.50 bits per heavy atom. The lowest BCUT2D eigenvalue weighted by Crippen LogP contribution is -1.98. The highest BCUT2D eigenvalue weighted by Crippen LogP contribution is 2.20. The second-order valence-electron chi connectivity index (χ2n) is 2.95. The number of carbonyl (C=O) groups is 1. The van der Waals surface area contributed by atoms with Gasteiger partial charge in [0.1, 0.15) is 6.67 Å². The minimum atomic E-state index is -0.827. The number of hydrogen-bond donors (Lipinski definition) is 1. The number of hydrogen-bond acceptors (Lipinski definition) is 1. The van der Waals surface area contributed by atoms with Crippen LogP contribution in [0.1, 0.15) is 17.5 Å². The number of benzene rings is 1. The van der Waals surface area contributed by atoms with Crippen molar-refractivity contribution in [2.24, 2.45) is 0 Å². The van der Waals surface area contributed by atoms with Gasteiger partial charge in [-0.05, 0) is 23.6 Å². The molecule has 1 N–H and O–H groups in total. The van der Waals surface area contributed by atoms with E-state index in [1.807, 2.05) is 0 Å². The molecule has 2 nitrogen and oxygen atoms in total. The summed E-state index contributed by atoms with van der Waals surface area (Å²) in [6, 6.07) is 5.10. The van der Waals surface area contributed by atoms with E-state index in [2.05, 4.69) is 15.9 Å². The van der Waals surface area contributed by atoms with Crippen LogP contribution in [0.15, 0.2) is 22.7 Å². The largest absolute Gasteiger partial charge is 0.481 e. The lowest BCUT2D eigenvalue weighted by atomic mass is 10.1. The fourth-order valence-corrected chi connectivity index (χ4v) is 1.74.